The Kier molecular flexibility index (Phi) is 4.04. The second kappa shape index (κ2) is 5.98. The molecule has 0 atom stereocenters. The SMILES string of the molecule is COC(=O)c1ccc2c(c1)C(c1ccc(C)cc1Cl)=CCC2. The van der Waals surface area contributed by atoms with E-state index in [9.17, 15) is 4.79 Å². The number of fused-ring (bicyclic) bond motifs is 1. The standard InChI is InChI=1S/C19H17ClO2/c1-12-6-9-16(18(20)10-12)15-5-3-4-13-7-8-14(11-17(13)15)19(21)22-2/h5-11H,3-4H2,1-2H3. The quantitative estimate of drug-likeness (QED) is 0.744. The van der Waals surface area contributed by atoms with E-state index < -0.39 is 0 Å². The smallest absolute Gasteiger partial charge is 0.337 e. The molecule has 2 aromatic rings. The van der Waals surface area contributed by atoms with Crippen LogP contribution in [-0.4, -0.2) is 13.1 Å². The molecule has 22 heavy (non-hydrogen) atoms. The number of aryl methyl sites for hydroxylation is 2. The number of allylic oxidation sites excluding steroid dienone is 1. The maximum Gasteiger partial charge on any atom is 0.337 e. The number of rotatable bonds is 2. The Labute approximate surface area is 135 Å². The van der Waals surface area contributed by atoms with Gasteiger partial charge < -0.3 is 4.74 Å². The van der Waals surface area contributed by atoms with Gasteiger partial charge in [-0.2, -0.15) is 0 Å². The first-order valence-corrected chi connectivity index (χ1v) is 7.66. The van der Waals surface area contributed by atoms with Crippen molar-refractivity contribution in [1.82, 2.24) is 0 Å². The van der Waals surface area contributed by atoms with E-state index in [0.29, 0.717) is 5.56 Å². The van der Waals surface area contributed by atoms with Gasteiger partial charge in [0.1, 0.15) is 0 Å². The van der Waals surface area contributed by atoms with Crippen molar-refractivity contribution in [2.45, 2.75) is 19.8 Å². The fourth-order valence-electron chi connectivity index (χ4n) is 2.87. The van der Waals surface area contributed by atoms with Gasteiger partial charge >= 0.3 is 5.97 Å². The lowest BCUT2D eigenvalue weighted by Gasteiger charge is -2.20. The fourth-order valence-corrected chi connectivity index (χ4v) is 3.20. The van der Waals surface area contributed by atoms with E-state index in [0.717, 1.165) is 40.1 Å². The van der Waals surface area contributed by atoms with Crippen LogP contribution in [0, 0.1) is 6.92 Å². The van der Waals surface area contributed by atoms with E-state index in [-0.39, 0.29) is 5.97 Å². The third kappa shape index (κ3) is 2.67. The van der Waals surface area contributed by atoms with Crippen molar-refractivity contribution in [2.24, 2.45) is 0 Å². The lowest BCUT2D eigenvalue weighted by atomic mass is 9.85. The Morgan fingerprint density at radius 3 is 2.68 bits per heavy atom. The Morgan fingerprint density at radius 2 is 1.95 bits per heavy atom. The van der Waals surface area contributed by atoms with Crippen molar-refractivity contribution in [3.63, 3.8) is 0 Å². The molecular formula is C19H17ClO2. The number of esters is 1. The predicted octanol–water partition coefficient (Wildman–Crippen LogP) is 4.81. The lowest BCUT2D eigenvalue weighted by Crippen LogP contribution is -2.06. The molecule has 2 aromatic carbocycles. The number of hydrogen-bond acceptors (Lipinski definition) is 2. The summed E-state index contributed by atoms with van der Waals surface area (Å²) in [7, 11) is 1.40. The van der Waals surface area contributed by atoms with E-state index in [1.165, 1.54) is 12.7 Å². The molecule has 0 spiro atoms. The van der Waals surface area contributed by atoms with Gasteiger partial charge in [0.15, 0.2) is 0 Å². The number of methoxy groups -OCH3 is 1. The van der Waals surface area contributed by atoms with Crippen LogP contribution in [0.5, 0.6) is 0 Å². The van der Waals surface area contributed by atoms with Gasteiger partial charge in [0.05, 0.1) is 12.7 Å². The minimum atomic E-state index is -0.317. The molecular weight excluding hydrogens is 296 g/mol. The first-order valence-electron chi connectivity index (χ1n) is 7.28. The number of ether oxygens (including phenoxy) is 1. The van der Waals surface area contributed by atoms with Crippen molar-refractivity contribution in [3.8, 4) is 0 Å². The molecule has 0 radical (unpaired) electrons. The molecule has 0 fully saturated rings. The number of benzene rings is 2. The van der Waals surface area contributed by atoms with Crippen LogP contribution in [0.1, 0.15) is 39.0 Å². The van der Waals surface area contributed by atoms with Gasteiger partial charge in [-0.3, -0.25) is 0 Å². The largest absolute Gasteiger partial charge is 0.465 e. The van der Waals surface area contributed by atoms with Gasteiger partial charge in [-0.15, -0.1) is 0 Å². The minimum Gasteiger partial charge on any atom is -0.465 e. The highest BCUT2D eigenvalue weighted by atomic mass is 35.5. The maximum atomic E-state index is 11.8. The van der Waals surface area contributed by atoms with Crippen LogP contribution in [0.15, 0.2) is 42.5 Å². The summed E-state index contributed by atoms with van der Waals surface area (Å²) < 4.78 is 4.82. The number of carbonyl (C=O) groups excluding carboxylic acids is 1. The molecule has 3 rings (SSSR count). The molecule has 0 N–H and O–H groups in total. The van der Waals surface area contributed by atoms with Crippen LogP contribution in [-0.2, 0) is 11.2 Å². The third-order valence-corrected chi connectivity index (χ3v) is 4.31. The van der Waals surface area contributed by atoms with E-state index in [1.807, 2.05) is 37.3 Å². The zero-order valence-electron chi connectivity index (χ0n) is 12.7. The Balaban J connectivity index is 2.12. The highest BCUT2D eigenvalue weighted by molar-refractivity contribution is 6.32. The summed E-state index contributed by atoms with van der Waals surface area (Å²) >= 11 is 6.43. The summed E-state index contributed by atoms with van der Waals surface area (Å²) in [5.74, 6) is -0.317. The normalized spacial score (nSPS) is 13.3. The topological polar surface area (TPSA) is 26.3 Å². The van der Waals surface area contributed by atoms with Gasteiger partial charge in [-0.1, -0.05) is 35.9 Å². The highest BCUT2D eigenvalue weighted by Gasteiger charge is 2.18. The summed E-state index contributed by atoms with van der Waals surface area (Å²) in [6.45, 7) is 2.02. The minimum absolute atomic E-state index is 0.317. The Hall–Kier alpha value is -2.06. The van der Waals surface area contributed by atoms with Crippen molar-refractivity contribution < 1.29 is 9.53 Å². The van der Waals surface area contributed by atoms with Crippen molar-refractivity contribution in [1.29, 1.82) is 0 Å². The highest BCUT2D eigenvalue weighted by Crippen LogP contribution is 2.36. The monoisotopic (exact) mass is 312 g/mol. The maximum absolute atomic E-state index is 11.8. The van der Waals surface area contributed by atoms with Gasteiger partial charge in [0, 0.05) is 10.6 Å². The molecule has 0 unspecified atom stereocenters. The molecule has 1 aliphatic carbocycles. The van der Waals surface area contributed by atoms with Crippen LogP contribution >= 0.6 is 11.6 Å². The summed E-state index contributed by atoms with van der Waals surface area (Å²) in [4.78, 5) is 11.8. The molecule has 0 saturated carbocycles. The molecule has 0 saturated heterocycles. The molecule has 2 nitrogen and oxygen atoms in total. The molecule has 0 aliphatic heterocycles. The average Bonchev–Trinajstić information content (AvgIpc) is 2.53. The van der Waals surface area contributed by atoms with E-state index in [4.69, 9.17) is 16.3 Å². The van der Waals surface area contributed by atoms with Crippen LogP contribution < -0.4 is 0 Å². The summed E-state index contributed by atoms with van der Waals surface area (Å²) in [6, 6.07) is 11.8. The predicted molar refractivity (Wildman–Crippen MR) is 89.4 cm³/mol. The van der Waals surface area contributed by atoms with Crippen molar-refractivity contribution in [3.05, 3.63) is 75.3 Å². The first-order chi connectivity index (χ1) is 10.6. The Bertz CT molecular complexity index is 775. The van der Waals surface area contributed by atoms with Crippen molar-refractivity contribution >= 4 is 23.1 Å². The number of hydrogen-bond donors (Lipinski definition) is 0. The van der Waals surface area contributed by atoms with Gasteiger partial charge in [-0.25, -0.2) is 4.79 Å². The molecule has 1 aliphatic rings. The summed E-state index contributed by atoms with van der Waals surface area (Å²) in [6.07, 6.45) is 4.15. The summed E-state index contributed by atoms with van der Waals surface area (Å²) in [5.41, 5.74) is 6.11. The van der Waals surface area contributed by atoms with Crippen LogP contribution in [0.4, 0.5) is 0 Å². The Morgan fingerprint density at radius 1 is 1.14 bits per heavy atom. The van der Waals surface area contributed by atoms with E-state index in [1.54, 1.807) is 0 Å². The average molecular weight is 313 g/mol. The van der Waals surface area contributed by atoms with Crippen LogP contribution in [0.2, 0.25) is 5.02 Å². The fraction of sp³-hybridized carbons (Fsp3) is 0.211. The second-order valence-electron chi connectivity index (χ2n) is 5.50. The zero-order chi connectivity index (χ0) is 15.7. The van der Waals surface area contributed by atoms with E-state index >= 15 is 0 Å². The van der Waals surface area contributed by atoms with Crippen LogP contribution in [0.3, 0.4) is 0 Å². The molecule has 0 amide bonds. The molecule has 0 aromatic heterocycles. The third-order valence-electron chi connectivity index (χ3n) is 4.00. The zero-order valence-corrected chi connectivity index (χ0v) is 13.4. The van der Waals surface area contributed by atoms with Crippen LogP contribution in [0.25, 0.3) is 5.57 Å². The molecule has 0 heterocycles. The van der Waals surface area contributed by atoms with Crippen molar-refractivity contribution in [2.75, 3.05) is 7.11 Å². The van der Waals surface area contributed by atoms with Gasteiger partial charge in [0.2, 0.25) is 0 Å². The lowest BCUT2D eigenvalue weighted by molar-refractivity contribution is 0.0600. The molecule has 0 bridgehead atoms. The number of carbonyl (C=O) groups is 1. The molecule has 3 heteroatoms. The second-order valence-corrected chi connectivity index (χ2v) is 5.91. The van der Waals surface area contributed by atoms with E-state index in [2.05, 4.69) is 12.1 Å². The van der Waals surface area contributed by atoms with Gasteiger partial charge in [-0.05, 0) is 60.2 Å². The first kappa shape index (κ1) is 14.9. The van der Waals surface area contributed by atoms with Gasteiger partial charge in [0.25, 0.3) is 0 Å². The molecule has 112 valence electrons. The summed E-state index contributed by atoms with van der Waals surface area (Å²) in [5, 5.41) is 0.738. The number of halogens is 1.